The van der Waals surface area contributed by atoms with E-state index in [2.05, 4.69) is 0 Å². The van der Waals surface area contributed by atoms with Gasteiger partial charge in [-0.2, -0.15) is 8.42 Å². The van der Waals surface area contributed by atoms with Crippen molar-refractivity contribution < 1.29 is 17.8 Å². The molecule has 0 amide bonds. The van der Waals surface area contributed by atoms with Crippen molar-refractivity contribution in [3.63, 3.8) is 0 Å². The van der Waals surface area contributed by atoms with Crippen LogP contribution in [0.25, 0.3) is 0 Å². The summed E-state index contributed by atoms with van der Waals surface area (Å²) >= 11 is 0. The maximum absolute atomic E-state index is 9.56. The molecule has 1 N–H and O–H groups in total. The molecular weight excluding hydrogens is 127 g/mol. The standard InChI is InChI=1S/C2H4O4S.Li.H/c3-1-2-7(4,5)6;;/h1H,2H2,(H,4,5,6);;. The fourth-order valence-corrected chi connectivity index (χ4v) is 0.258. The molecule has 0 atom stereocenters. The Morgan fingerprint density at radius 3 is 1.88 bits per heavy atom. The van der Waals surface area contributed by atoms with E-state index in [9.17, 15) is 13.2 Å². The number of hydrogen-bond acceptors (Lipinski definition) is 3. The van der Waals surface area contributed by atoms with E-state index in [-0.39, 0.29) is 25.1 Å². The van der Waals surface area contributed by atoms with E-state index in [4.69, 9.17) is 4.55 Å². The van der Waals surface area contributed by atoms with Gasteiger partial charge < -0.3 is 4.79 Å². The number of hydrogen-bond donors (Lipinski definition) is 1. The molecule has 0 bridgehead atoms. The van der Waals surface area contributed by atoms with Crippen molar-refractivity contribution in [2.45, 2.75) is 0 Å². The van der Waals surface area contributed by atoms with Crippen LogP contribution in [0.2, 0.25) is 0 Å². The molecule has 0 aliphatic carbocycles. The van der Waals surface area contributed by atoms with Crippen molar-refractivity contribution in [3.05, 3.63) is 0 Å². The Kier molecular flexibility index (Phi) is 5.65. The predicted octanol–water partition coefficient (Wildman–Crippen LogP) is -1.58. The van der Waals surface area contributed by atoms with Crippen LogP contribution in [0.3, 0.4) is 0 Å². The quantitative estimate of drug-likeness (QED) is 0.280. The molecule has 0 aliphatic rings. The second-order valence-corrected chi connectivity index (χ2v) is 2.41. The summed E-state index contributed by atoms with van der Waals surface area (Å²) in [5.74, 6) is -0.812. The van der Waals surface area contributed by atoms with Crippen molar-refractivity contribution in [2.24, 2.45) is 0 Å². The molecule has 0 unspecified atom stereocenters. The fraction of sp³-hybridized carbons (Fsp3) is 0.500. The van der Waals surface area contributed by atoms with Crippen molar-refractivity contribution >= 4 is 35.3 Å². The van der Waals surface area contributed by atoms with Gasteiger partial charge in [-0.25, -0.2) is 0 Å². The molecule has 0 rings (SSSR count). The van der Waals surface area contributed by atoms with Crippen LogP contribution in [0.1, 0.15) is 0 Å². The van der Waals surface area contributed by atoms with Crippen LogP contribution in [0, 0.1) is 0 Å². The van der Waals surface area contributed by atoms with E-state index >= 15 is 0 Å². The molecule has 4 nitrogen and oxygen atoms in total. The van der Waals surface area contributed by atoms with Crippen molar-refractivity contribution in [2.75, 3.05) is 5.75 Å². The molecule has 0 heterocycles. The number of carbonyl (C=O) groups is 1. The van der Waals surface area contributed by atoms with Gasteiger partial charge in [0.25, 0.3) is 10.1 Å². The Morgan fingerprint density at radius 1 is 1.50 bits per heavy atom. The number of rotatable bonds is 2. The zero-order valence-corrected chi connectivity index (χ0v) is 4.18. The summed E-state index contributed by atoms with van der Waals surface area (Å²) < 4.78 is 26.9. The van der Waals surface area contributed by atoms with Gasteiger partial charge in [0.2, 0.25) is 0 Å². The summed E-state index contributed by atoms with van der Waals surface area (Å²) in [7, 11) is -4.04. The molecule has 44 valence electrons. The second kappa shape index (κ2) is 4.10. The second-order valence-electron chi connectivity index (χ2n) is 0.915. The minimum absolute atomic E-state index is 0. The van der Waals surface area contributed by atoms with Gasteiger partial charge in [0, 0.05) is 0 Å². The average Bonchev–Trinajstić information content (AvgIpc) is 1.30. The molecule has 0 spiro atoms. The molecule has 0 saturated carbocycles. The zero-order valence-electron chi connectivity index (χ0n) is 3.36. The van der Waals surface area contributed by atoms with Gasteiger partial charge in [-0.15, -0.1) is 0 Å². The molecule has 0 saturated heterocycles. The molecular formula is C2H5LiO4S. The van der Waals surface area contributed by atoms with Gasteiger partial charge >= 0.3 is 18.9 Å². The van der Waals surface area contributed by atoms with E-state index in [1.165, 1.54) is 0 Å². The fourth-order valence-electron chi connectivity index (χ4n) is 0.0860. The molecule has 0 radical (unpaired) electrons. The first-order chi connectivity index (χ1) is 3.06. The van der Waals surface area contributed by atoms with E-state index in [1.54, 1.807) is 0 Å². The van der Waals surface area contributed by atoms with Gasteiger partial charge in [0.1, 0.15) is 12.0 Å². The van der Waals surface area contributed by atoms with E-state index in [0.717, 1.165) is 0 Å². The molecule has 0 aromatic heterocycles. The van der Waals surface area contributed by atoms with E-state index in [1.807, 2.05) is 0 Å². The molecule has 8 heavy (non-hydrogen) atoms. The Bertz CT molecular complexity index is 147. The Balaban J connectivity index is 0. The molecule has 0 aromatic rings. The van der Waals surface area contributed by atoms with Crippen LogP contribution in [0.5, 0.6) is 0 Å². The Labute approximate surface area is 59.2 Å². The van der Waals surface area contributed by atoms with E-state index < -0.39 is 15.9 Å². The first-order valence-electron chi connectivity index (χ1n) is 1.45. The first kappa shape index (κ1) is 11.0. The van der Waals surface area contributed by atoms with Crippen molar-refractivity contribution in [1.82, 2.24) is 0 Å². The molecule has 0 fully saturated rings. The van der Waals surface area contributed by atoms with Crippen molar-refractivity contribution in [3.8, 4) is 0 Å². The molecule has 0 aromatic carbocycles. The molecule has 6 heteroatoms. The van der Waals surface area contributed by atoms with Crippen LogP contribution in [0.15, 0.2) is 0 Å². The monoisotopic (exact) mass is 132 g/mol. The summed E-state index contributed by atoms with van der Waals surface area (Å²) in [4.78, 5) is 9.28. The third-order valence-electron chi connectivity index (χ3n) is 0.279. The average molecular weight is 132 g/mol. The minimum atomic E-state index is -4.04. The molecule has 0 aliphatic heterocycles. The number of aldehydes is 1. The topological polar surface area (TPSA) is 71.4 Å². The maximum atomic E-state index is 9.56. The van der Waals surface area contributed by atoms with Crippen molar-refractivity contribution in [1.29, 1.82) is 0 Å². The third-order valence-corrected chi connectivity index (χ3v) is 0.836. The zero-order chi connectivity index (χ0) is 5.91. The Morgan fingerprint density at radius 2 is 1.88 bits per heavy atom. The van der Waals surface area contributed by atoms with Gasteiger partial charge in [-0.1, -0.05) is 0 Å². The van der Waals surface area contributed by atoms with Crippen LogP contribution < -0.4 is 0 Å². The van der Waals surface area contributed by atoms with Crippen LogP contribution in [0.4, 0.5) is 0 Å². The Hall–Kier alpha value is 0.177. The summed E-state index contributed by atoms with van der Waals surface area (Å²) in [6.07, 6.45) is 0.120. The van der Waals surface area contributed by atoms with Gasteiger partial charge in [0.05, 0.1) is 0 Å². The first-order valence-corrected chi connectivity index (χ1v) is 3.06. The summed E-state index contributed by atoms with van der Waals surface area (Å²) in [5, 5.41) is 0. The summed E-state index contributed by atoms with van der Waals surface area (Å²) in [6.45, 7) is 0. The van der Waals surface area contributed by atoms with Gasteiger partial charge in [-0.3, -0.25) is 4.55 Å². The SMILES string of the molecule is O=CCS(=O)(=O)O.[LiH]. The van der Waals surface area contributed by atoms with Gasteiger partial charge in [-0.05, 0) is 0 Å². The van der Waals surface area contributed by atoms with Crippen LogP contribution >= 0.6 is 0 Å². The number of carbonyl (C=O) groups excluding carboxylic acids is 1. The predicted molar refractivity (Wildman–Crippen MR) is 29.6 cm³/mol. The van der Waals surface area contributed by atoms with Crippen LogP contribution in [-0.2, 0) is 14.9 Å². The van der Waals surface area contributed by atoms with E-state index in [0.29, 0.717) is 0 Å². The third kappa shape index (κ3) is 9.49. The summed E-state index contributed by atoms with van der Waals surface area (Å²) in [6, 6.07) is 0. The van der Waals surface area contributed by atoms with Crippen LogP contribution in [-0.4, -0.2) is 43.9 Å². The van der Waals surface area contributed by atoms with Gasteiger partial charge in [0.15, 0.2) is 0 Å². The summed E-state index contributed by atoms with van der Waals surface area (Å²) in [5.41, 5.74) is 0. The normalized spacial score (nSPS) is 9.62.